The first kappa shape index (κ1) is 19.8. The molecule has 0 radical (unpaired) electrons. The van der Waals surface area contributed by atoms with Crippen molar-refractivity contribution in [3.8, 4) is 5.75 Å². The quantitative estimate of drug-likeness (QED) is 0.452. The van der Waals surface area contributed by atoms with Gasteiger partial charge in [-0.2, -0.15) is 0 Å². The molecular formula is C19H28N4O3. The van der Waals surface area contributed by atoms with E-state index in [1.807, 2.05) is 43.1 Å². The Balaban J connectivity index is 1.72. The van der Waals surface area contributed by atoms with Crippen molar-refractivity contribution in [2.45, 2.75) is 26.2 Å². The van der Waals surface area contributed by atoms with Crippen molar-refractivity contribution >= 4 is 17.8 Å². The number of nitrogens with one attached hydrogen (secondary N) is 1. The molecule has 26 heavy (non-hydrogen) atoms. The van der Waals surface area contributed by atoms with Crippen LogP contribution >= 0.6 is 0 Å². The molecule has 2 rings (SSSR count). The van der Waals surface area contributed by atoms with Crippen molar-refractivity contribution in [2.75, 3.05) is 40.3 Å². The number of hydrogen-bond acceptors (Lipinski definition) is 4. The van der Waals surface area contributed by atoms with Crippen LogP contribution in [0.15, 0.2) is 29.3 Å². The number of carbonyl (C=O) groups excluding carboxylic acids is 2. The number of carbonyl (C=O) groups is 2. The van der Waals surface area contributed by atoms with Crippen LogP contribution < -0.4 is 10.1 Å². The van der Waals surface area contributed by atoms with E-state index in [0.29, 0.717) is 51.5 Å². The number of guanidine groups is 1. The number of amides is 2. The Hall–Kier alpha value is -2.57. The van der Waals surface area contributed by atoms with Crippen molar-refractivity contribution in [1.29, 1.82) is 0 Å². The van der Waals surface area contributed by atoms with E-state index in [1.165, 1.54) is 10.5 Å². The molecule has 7 nitrogen and oxygen atoms in total. The number of aliphatic imine (C=N–C) groups is 1. The zero-order valence-electron chi connectivity index (χ0n) is 15.8. The monoisotopic (exact) mass is 360 g/mol. The first-order valence-electron chi connectivity index (χ1n) is 8.95. The van der Waals surface area contributed by atoms with Gasteiger partial charge in [0.2, 0.25) is 11.8 Å². The lowest BCUT2D eigenvalue weighted by molar-refractivity contribution is -0.147. The zero-order valence-corrected chi connectivity index (χ0v) is 15.8. The molecule has 0 aliphatic carbocycles. The highest BCUT2D eigenvalue weighted by Gasteiger charge is 2.25. The average molecular weight is 360 g/mol. The highest BCUT2D eigenvalue weighted by atomic mass is 16.5. The third kappa shape index (κ3) is 5.75. The molecule has 1 saturated heterocycles. The number of likely N-dealkylation sites (tertiary alicyclic amines) is 1. The molecule has 0 spiro atoms. The van der Waals surface area contributed by atoms with E-state index in [-0.39, 0.29) is 11.8 Å². The second-order valence-electron chi connectivity index (χ2n) is 6.35. The number of rotatable bonds is 7. The van der Waals surface area contributed by atoms with Gasteiger partial charge in [-0.25, -0.2) is 0 Å². The van der Waals surface area contributed by atoms with Crippen LogP contribution in [0.1, 0.15) is 24.8 Å². The first-order chi connectivity index (χ1) is 12.5. The Morgan fingerprint density at radius 3 is 2.50 bits per heavy atom. The number of imide groups is 1. The normalized spacial score (nSPS) is 15.2. The lowest BCUT2D eigenvalue weighted by atomic mass is 10.1. The van der Waals surface area contributed by atoms with E-state index in [4.69, 9.17) is 4.74 Å². The molecule has 0 aromatic heterocycles. The summed E-state index contributed by atoms with van der Waals surface area (Å²) in [7, 11) is 3.63. The van der Waals surface area contributed by atoms with Crippen molar-refractivity contribution in [1.82, 2.24) is 15.1 Å². The number of likely N-dealkylation sites (N-methyl/N-ethyl adjacent to an activating group) is 1. The van der Waals surface area contributed by atoms with Gasteiger partial charge in [-0.1, -0.05) is 17.7 Å². The van der Waals surface area contributed by atoms with Gasteiger partial charge in [0.1, 0.15) is 12.4 Å². The van der Waals surface area contributed by atoms with E-state index in [1.54, 1.807) is 7.05 Å². The first-order valence-corrected chi connectivity index (χ1v) is 8.95. The summed E-state index contributed by atoms with van der Waals surface area (Å²) in [6, 6.07) is 7.94. The lowest BCUT2D eigenvalue weighted by Crippen LogP contribution is -2.47. The Kier molecular flexibility index (Phi) is 7.44. The van der Waals surface area contributed by atoms with Crippen LogP contribution in [-0.4, -0.2) is 67.9 Å². The largest absolute Gasteiger partial charge is 0.492 e. The van der Waals surface area contributed by atoms with Gasteiger partial charge in [0.05, 0.1) is 6.54 Å². The van der Waals surface area contributed by atoms with E-state index < -0.39 is 0 Å². The predicted molar refractivity (Wildman–Crippen MR) is 101 cm³/mol. The summed E-state index contributed by atoms with van der Waals surface area (Å²) in [5.74, 6) is 1.37. The molecule has 1 fully saturated rings. The van der Waals surface area contributed by atoms with Crippen LogP contribution in [0.4, 0.5) is 0 Å². The molecule has 7 heteroatoms. The van der Waals surface area contributed by atoms with E-state index in [2.05, 4.69) is 10.3 Å². The van der Waals surface area contributed by atoms with Crippen LogP contribution in [0.5, 0.6) is 5.75 Å². The maximum Gasteiger partial charge on any atom is 0.229 e. The Labute approximate surface area is 155 Å². The average Bonchev–Trinajstić information content (AvgIpc) is 2.62. The standard InChI is InChI=1S/C19H28N4O3/c1-15-7-9-16(10-8-15)26-14-13-22(3)19(20-2)21-11-12-23-17(24)5-4-6-18(23)25/h7-10H,4-6,11-14H2,1-3H3,(H,20,21). The molecule has 1 aliphatic heterocycles. The van der Waals surface area contributed by atoms with Crippen LogP contribution in [0.2, 0.25) is 0 Å². The van der Waals surface area contributed by atoms with Crippen molar-refractivity contribution in [3.63, 3.8) is 0 Å². The zero-order chi connectivity index (χ0) is 18.9. The van der Waals surface area contributed by atoms with E-state index in [0.717, 1.165) is 5.75 Å². The summed E-state index contributed by atoms with van der Waals surface area (Å²) in [4.78, 5) is 31.1. The second-order valence-corrected chi connectivity index (χ2v) is 6.35. The highest BCUT2D eigenvalue weighted by Crippen LogP contribution is 2.12. The molecule has 2 amide bonds. The Morgan fingerprint density at radius 1 is 1.23 bits per heavy atom. The minimum absolute atomic E-state index is 0.0853. The molecule has 1 N–H and O–H groups in total. The molecule has 0 atom stereocenters. The summed E-state index contributed by atoms with van der Waals surface area (Å²) in [6.07, 6.45) is 1.57. The summed E-state index contributed by atoms with van der Waals surface area (Å²) in [5.41, 5.74) is 1.20. The van der Waals surface area contributed by atoms with E-state index in [9.17, 15) is 9.59 Å². The SMILES string of the molecule is CN=C(NCCN1C(=O)CCCC1=O)N(C)CCOc1ccc(C)cc1. The smallest absolute Gasteiger partial charge is 0.229 e. The Bertz CT molecular complexity index is 627. The molecule has 0 bridgehead atoms. The minimum Gasteiger partial charge on any atom is -0.492 e. The molecule has 1 aliphatic rings. The fourth-order valence-electron chi connectivity index (χ4n) is 2.75. The van der Waals surface area contributed by atoms with Crippen LogP contribution in [-0.2, 0) is 9.59 Å². The topological polar surface area (TPSA) is 74.2 Å². The van der Waals surface area contributed by atoms with Crippen molar-refractivity contribution in [3.05, 3.63) is 29.8 Å². The van der Waals surface area contributed by atoms with Gasteiger partial charge >= 0.3 is 0 Å². The van der Waals surface area contributed by atoms with Crippen LogP contribution in [0.3, 0.4) is 0 Å². The summed E-state index contributed by atoms with van der Waals surface area (Å²) < 4.78 is 5.73. The summed E-state index contributed by atoms with van der Waals surface area (Å²) in [6.45, 7) is 4.08. The third-order valence-electron chi connectivity index (χ3n) is 4.29. The lowest BCUT2D eigenvalue weighted by Gasteiger charge is -2.26. The number of aryl methyl sites for hydroxylation is 1. The number of hydrogen-bond donors (Lipinski definition) is 1. The van der Waals surface area contributed by atoms with Crippen LogP contribution in [0.25, 0.3) is 0 Å². The van der Waals surface area contributed by atoms with E-state index >= 15 is 0 Å². The number of nitrogens with zero attached hydrogens (tertiary/aromatic N) is 3. The number of ether oxygens (including phenoxy) is 1. The van der Waals surface area contributed by atoms with Crippen molar-refractivity contribution < 1.29 is 14.3 Å². The van der Waals surface area contributed by atoms with Gasteiger partial charge in [0, 0.05) is 40.0 Å². The summed E-state index contributed by atoms with van der Waals surface area (Å²) >= 11 is 0. The predicted octanol–water partition coefficient (Wildman–Crippen LogP) is 1.42. The fraction of sp³-hybridized carbons (Fsp3) is 0.526. The van der Waals surface area contributed by atoms with Crippen molar-refractivity contribution in [2.24, 2.45) is 4.99 Å². The molecule has 1 heterocycles. The maximum absolute atomic E-state index is 11.8. The van der Waals surface area contributed by atoms with Gasteiger partial charge < -0.3 is 15.0 Å². The Morgan fingerprint density at radius 2 is 1.88 bits per heavy atom. The molecule has 0 saturated carbocycles. The van der Waals surface area contributed by atoms with Gasteiger partial charge in [-0.05, 0) is 25.5 Å². The number of piperidine rings is 1. The molecule has 0 unspecified atom stereocenters. The minimum atomic E-state index is -0.0853. The second kappa shape index (κ2) is 9.79. The highest BCUT2D eigenvalue weighted by molar-refractivity contribution is 5.97. The molecule has 1 aromatic rings. The summed E-state index contributed by atoms with van der Waals surface area (Å²) in [5, 5.41) is 3.19. The van der Waals surface area contributed by atoms with Gasteiger partial charge in [0.25, 0.3) is 0 Å². The molecule has 1 aromatic carbocycles. The molecule has 142 valence electrons. The van der Waals surface area contributed by atoms with Crippen LogP contribution in [0, 0.1) is 6.92 Å². The maximum atomic E-state index is 11.8. The fourth-order valence-corrected chi connectivity index (χ4v) is 2.75. The van der Waals surface area contributed by atoms with Gasteiger partial charge in [-0.3, -0.25) is 19.5 Å². The third-order valence-corrected chi connectivity index (χ3v) is 4.29. The molecular weight excluding hydrogens is 332 g/mol. The van der Waals surface area contributed by atoms with Gasteiger partial charge in [-0.15, -0.1) is 0 Å². The number of benzene rings is 1. The van der Waals surface area contributed by atoms with Gasteiger partial charge in [0.15, 0.2) is 5.96 Å².